The van der Waals surface area contributed by atoms with Crippen LogP contribution in [0.5, 0.6) is 0 Å². The fourth-order valence-corrected chi connectivity index (χ4v) is 2.69. The normalized spacial score (nSPS) is 13.6. The molecule has 0 aromatic heterocycles. The molecule has 13 heteroatoms. The van der Waals surface area contributed by atoms with Gasteiger partial charge in [-0.15, -0.1) is 0 Å². The standard InChI is InChI=1S/C19H36N6O7/c1-11(2)7-13(23-16(28)9-22-15(27)8-21)17(29)25-14(10-26)18(30)24-12(19(31)32)5-3-4-6-20/h11-14,26H,3-10,20-21H2,1-2H3,(H,22,27)(H,23,28)(H,24,30)(H,25,29)(H,31,32)/t12-,13-,14-/m0/s1. The first-order chi connectivity index (χ1) is 15.0. The molecule has 0 aromatic rings. The minimum atomic E-state index is -1.41. The van der Waals surface area contributed by atoms with Crippen molar-refractivity contribution < 1.29 is 34.2 Å². The highest BCUT2D eigenvalue weighted by Crippen LogP contribution is 2.06. The van der Waals surface area contributed by atoms with E-state index in [0.717, 1.165) is 0 Å². The van der Waals surface area contributed by atoms with Crippen LogP contribution in [0.15, 0.2) is 0 Å². The molecule has 4 amide bonds. The fraction of sp³-hybridized carbons (Fsp3) is 0.737. The number of hydrogen-bond acceptors (Lipinski definition) is 8. The molecule has 0 radical (unpaired) electrons. The van der Waals surface area contributed by atoms with Crippen LogP contribution in [-0.4, -0.2) is 84.2 Å². The third-order valence-corrected chi connectivity index (χ3v) is 4.37. The van der Waals surface area contributed by atoms with E-state index in [-0.39, 0.29) is 31.8 Å². The van der Waals surface area contributed by atoms with Crippen molar-refractivity contribution in [1.82, 2.24) is 21.3 Å². The van der Waals surface area contributed by atoms with Crippen LogP contribution in [0.2, 0.25) is 0 Å². The number of aliphatic hydroxyl groups is 1. The zero-order valence-corrected chi connectivity index (χ0v) is 18.6. The molecule has 0 aliphatic carbocycles. The summed E-state index contributed by atoms with van der Waals surface area (Å²) < 4.78 is 0. The number of unbranched alkanes of at least 4 members (excludes halogenated alkanes) is 1. The zero-order chi connectivity index (χ0) is 24.7. The first-order valence-corrected chi connectivity index (χ1v) is 10.5. The van der Waals surface area contributed by atoms with Crippen molar-refractivity contribution in [3.8, 4) is 0 Å². The molecule has 0 unspecified atom stereocenters. The van der Waals surface area contributed by atoms with Gasteiger partial charge in [0.05, 0.1) is 19.7 Å². The molecule has 0 saturated heterocycles. The van der Waals surface area contributed by atoms with E-state index in [4.69, 9.17) is 11.5 Å². The highest BCUT2D eigenvalue weighted by atomic mass is 16.4. The molecule has 0 spiro atoms. The largest absolute Gasteiger partial charge is 0.480 e. The lowest BCUT2D eigenvalue weighted by Crippen LogP contribution is -2.57. The van der Waals surface area contributed by atoms with Crippen LogP contribution in [-0.2, 0) is 24.0 Å². The Morgan fingerprint density at radius 1 is 0.844 bits per heavy atom. The first-order valence-electron chi connectivity index (χ1n) is 10.5. The lowest BCUT2D eigenvalue weighted by atomic mass is 10.0. The Balaban J connectivity index is 5.07. The summed E-state index contributed by atoms with van der Waals surface area (Å²) in [5.41, 5.74) is 10.5. The number of nitrogens with one attached hydrogen (secondary N) is 4. The van der Waals surface area contributed by atoms with Crippen LogP contribution < -0.4 is 32.7 Å². The molecule has 10 N–H and O–H groups in total. The molecule has 0 aliphatic heterocycles. The molecule has 0 rings (SSSR count). The maximum atomic E-state index is 12.7. The topological polar surface area (TPSA) is 226 Å². The monoisotopic (exact) mass is 460 g/mol. The molecule has 0 fully saturated rings. The highest BCUT2D eigenvalue weighted by molar-refractivity contribution is 5.94. The SMILES string of the molecule is CC(C)C[C@H](NC(=O)CNC(=O)CN)C(=O)N[C@@H](CO)C(=O)N[C@@H](CCCCN)C(=O)O. The van der Waals surface area contributed by atoms with Crippen molar-refractivity contribution >= 4 is 29.6 Å². The number of carbonyl (C=O) groups is 5. The van der Waals surface area contributed by atoms with Gasteiger partial charge in [0.15, 0.2) is 0 Å². The molecular formula is C19H36N6O7. The quantitative estimate of drug-likeness (QED) is 0.108. The summed E-state index contributed by atoms with van der Waals surface area (Å²) in [5, 5.41) is 28.2. The van der Waals surface area contributed by atoms with Crippen LogP contribution in [0.4, 0.5) is 0 Å². The van der Waals surface area contributed by atoms with Gasteiger partial charge in [-0.1, -0.05) is 13.8 Å². The van der Waals surface area contributed by atoms with Crippen molar-refractivity contribution in [2.75, 3.05) is 26.2 Å². The number of hydrogen-bond donors (Lipinski definition) is 8. The third-order valence-electron chi connectivity index (χ3n) is 4.37. The Labute approximate surface area is 187 Å². The third kappa shape index (κ3) is 12.2. The number of amides is 4. The number of rotatable bonds is 16. The molecular weight excluding hydrogens is 424 g/mol. The van der Waals surface area contributed by atoms with E-state index in [9.17, 15) is 34.2 Å². The number of carboxylic acid groups (broad SMARTS) is 1. The van der Waals surface area contributed by atoms with Gasteiger partial charge >= 0.3 is 5.97 Å². The van der Waals surface area contributed by atoms with Gasteiger partial charge in [-0.25, -0.2) is 4.79 Å². The maximum Gasteiger partial charge on any atom is 0.326 e. The summed E-state index contributed by atoms with van der Waals surface area (Å²) in [6.07, 6.45) is 1.43. The Kier molecular flexibility index (Phi) is 14.6. The van der Waals surface area contributed by atoms with Crippen molar-refractivity contribution in [2.24, 2.45) is 17.4 Å². The minimum Gasteiger partial charge on any atom is -0.480 e. The first kappa shape index (κ1) is 29.2. The van der Waals surface area contributed by atoms with Gasteiger partial charge in [0.2, 0.25) is 23.6 Å². The van der Waals surface area contributed by atoms with E-state index < -0.39 is 54.3 Å². The second kappa shape index (κ2) is 15.9. The average Bonchev–Trinajstić information content (AvgIpc) is 2.73. The van der Waals surface area contributed by atoms with Gasteiger partial charge in [-0.3, -0.25) is 19.2 Å². The van der Waals surface area contributed by atoms with Crippen LogP contribution in [0, 0.1) is 5.92 Å². The fourth-order valence-electron chi connectivity index (χ4n) is 2.69. The summed E-state index contributed by atoms with van der Waals surface area (Å²) in [5.74, 6) is -4.04. The van der Waals surface area contributed by atoms with Gasteiger partial charge in [0.1, 0.15) is 18.1 Å². The predicted octanol–water partition coefficient (Wildman–Crippen LogP) is -3.23. The molecule has 0 saturated carbocycles. The van der Waals surface area contributed by atoms with Crippen LogP contribution in [0.3, 0.4) is 0 Å². The van der Waals surface area contributed by atoms with E-state index in [2.05, 4.69) is 21.3 Å². The van der Waals surface area contributed by atoms with E-state index in [1.807, 2.05) is 13.8 Å². The Morgan fingerprint density at radius 3 is 1.94 bits per heavy atom. The number of aliphatic carboxylic acids is 1. The van der Waals surface area contributed by atoms with E-state index >= 15 is 0 Å². The number of carboxylic acids is 1. The summed E-state index contributed by atoms with van der Waals surface area (Å²) >= 11 is 0. The second-order valence-electron chi connectivity index (χ2n) is 7.66. The molecule has 0 bridgehead atoms. The van der Waals surface area contributed by atoms with Crippen molar-refractivity contribution in [2.45, 2.75) is 57.7 Å². The van der Waals surface area contributed by atoms with E-state index in [1.165, 1.54) is 0 Å². The Hall–Kier alpha value is -2.77. The van der Waals surface area contributed by atoms with Gasteiger partial charge < -0.3 is 42.9 Å². The molecule has 0 heterocycles. The smallest absolute Gasteiger partial charge is 0.326 e. The maximum absolute atomic E-state index is 12.7. The zero-order valence-electron chi connectivity index (χ0n) is 18.6. The Bertz CT molecular complexity index is 644. The molecule has 0 aliphatic rings. The lowest BCUT2D eigenvalue weighted by molar-refractivity contribution is -0.142. The summed E-state index contributed by atoms with van der Waals surface area (Å²) in [6.45, 7) is 2.57. The van der Waals surface area contributed by atoms with E-state index in [1.54, 1.807) is 0 Å². The second-order valence-corrected chi connectivity index (χ2v) is 7.66. The van der Waals surface area contributed by atoms with Gasteiger partial charge in [-0.2, -0.15) is 0 Å². The predicted molar refractivity (Wildman–Crippen MR) is 115 cm³/mol. The van der Waals surface area contributed by atoms with Gasteiger partial charge in [0, 0.05) is 0 Å². The number of nitrogens with two attached hydrogens (primary N) is 2. The minimum absolute atomic E-state index is 0.00924. The summed E-state index contributed by atoms with van der Waals surface area (Å²) in [6, 6.07) is -3.65. The average molecular weight is 461 g/mol. The van der Waals surface area contributed by atoms with Crippen molar-refractivity contribution in [3.05, 3.63) is 0 Å². The summed E-state index contributed by atoms with van der Waals surface area (Å²) in [4.78, 5) is 59.7. The van der Waals surface area contributed by atoms with Crippen molar-refractivity contribution in [1.29, 1.82) is 0 Å². The van der Waals surface area contributed by atoms with Crippen molar-refractivity contribution in [3.63, 3.8) is 0 Å². The van der Waals surface area contributed by atoms with Crippen LogP contribution in [0.25, 0.3) is 0 Å². The highest BCUT2D eigenvalue weighted by Gasteiger charge is 2.29. The van der Waals surface area contributed by atoms with Crippen LogP contribution >= 0.6 is 0 Å². The van der Waals surface area contributed by atoms with E-state index in [0.29, 0.717) is 19.4 Å². The number of aliphatic hydroxyl groups excluding tert-OH is 1. The lowest BCUT2D eigenvalue weighted by Gasteiger charge is -2.24. The molecule has 184 valence electrons. The summed E-state index contributed by atoms with van der Waals surface area (Å²) in [7, 11) is 0. The molecule has 13 nitrogen and oxygen atoms in total. The van der Waals surface area contributed by atoms with Gasteiger partial charge in [0.25, 0.3) is 0 Å². The molecule has 32 heavy (non-hydrogen) atoms. The molecule has 0 aromatic carbocycles. The number of carbonyl (C=O) groups excluding carboxylic acids is 4. The Morgan fingerprint density at radius 2 is 1.44 bits per heavy atom. The van der Waals surface area contributed by atoms with Gasteiger partial charge in [-0.05, 0) is 38.1 Å². The van der Waals surface area contributed by atoms with Crippen LogP contribution in [0.1, 0.15) is 39.5 Å². The molecule has 3 atom stereocenters.